The van der Waals surface area contributed by atoms with Gasteiger partial charge in [-0.2, -0.15) is 5.26 Å². The van der Waals surface area contributed by atoms with Gasteiger partial charge in [-0.05, 0) is 51.5 Å². The minimum atomic E-state index is -0.683. The lowest BCUT2D eigenvalue weighted by Crippen LogP contribution is -2.28. The Hall–Kier alpha value is -2.89. The van der Waals surface area contributed by atoms with Crippen LogP contribution in [0.3, 0.4) is 0 Å². The fraction of sp³-hybridized carbons (Fsp3) is 0.364. The average molecular weight is 460 g/mol. The molecule has 1 fully saturated rings. The van der Waals surface area contributed by atoms with Gasteiger partial charge in [-0.25, -0.2) is 4.79 Å². The van der Waals surface area contributed by atoms with Crippen LogP contribution in [-0.2, 0) is 14.3 Å². The molecule has 1 unspecified atom stereocenters. The van der Waals surface area contributed by atoms with E-state index in [0.717, 1.165) is 11.3 Å². The van der Waals surface area contributed by atoms with Crippen LogP contribution in [0.1, 0.15) is 48.0 Å². The zero-order valence-corrected chi connectivity index (χ0v) is 19.2. The van der Waals surface area contributed by atoms with E-state index in [4.69, 9.17) is 16.3 Å². The fourth-order valence-corrected chi connectivity index (χ4v) is 4.47. The number of carbonyl (C=O) groups excluding carboxylic acids is 3. The van der Waals surface area contributed by atoms with Gasteiger partial charge in [0.2, 0.25) is 11.8 Å². The topological polar surface area (TPSA) is 99.5 Å². The number of nitriles is 1. The van der Waals surface area contributed by atoms with Crippen molar-refractivity contribution in [1.82, 2.24) is 0 Å². The lowest BCUT2D eigenvalue weighted by Gasteiger charge is -2.19. The van der Waals surface area contributed by atoms with Crippen LogP contribution in [-0.4, -0.2) is 29.9 Å². The number of thiophene rings is 1. The highest BCUT2D eigenvalue weighted by Gasteiger charge is 2.36. The molecule has 1 saturated heterocycles. The molecule has 1 atom stereocenters. The summed E-state index contributed by atoms with van der Waals surface area (Å²) in [4.78, 5) is 39.6. The first-order chi connectivity index (χ1) is 14.5. The van der Waals surface area contributed by atoms with E-state index in [1.54, 1.807) is 52.0 Å². The summed E-state index contributed by atoms with van der Waals surface area (Å²) in [6.45, 7) is 7.11. The van der Waals surface area contributed by atoms with Crippen LogP contribution in [0.2, 0.25) is 5.02 Å². The molecule has 7 nitrogen and oxygen atoms in total. The van der Waals surface area contributed by atoms with Crippen molar-refractivity contribution < 1.29 is 19.1 Å². The Morgan fingerprint density at radius 2 is 2.06 bits per heavy atom. The number of amides is 2. The Labute approximate surface area is 189 Å². The second-order valence-corrected chi connectivity index (χ2v) is 9.71. The highest BCUT2D eigenvalue weighted by atomic mass is 35.5. The highest BCUT2D eigenvalue weighted by Crippen LogP contribution is 2.35. The minimum absolute atomic E-state index is 0.0452. The van der Waals surface area contributed by atoms with E-state index in [-0.39, 0.29) is 40.2 Å². The molecule has 1 aliphatic heterocycles. The normalized spacial score (nSPS) is 16.2. The Morgan fingerprint density at radius 3 is 2.68 bits per heavy atom. The third-order valence-corrected chi connectivity index (χ3v) is 6.12. The van der Waals surface area contributed by atoms with Crippen LogP contribution >= 0.6 is 22.9 Å². The molecule has 31 heavy (non-hydrogen) atoms. The van der Waals surface area contributed by atoms with E-state index in [9.17, 15) is 19.6 Å². The first-order valence-corrected chi connectivity index (χ1v) is 10.8. The maximum atomic E-state index is 12.9. The van der Waals surface area contributed by atoms with Crippen molar-refractivity contribution in [1.29, 1.82) is 5.26 Å². The van der Waals surface area contributed by atoms with Gasteiger partial charge in [0, 0.05) is 23.7 Å². The van der Waals surface area contributed by atoms with Gasteiger partial charge >= 0.3 is 5.97 Å². The van der Waals surface area contributed by atoms with Gasteiger partial charge in [0.15, 0.2) is 0 Å². The predicted molar refractivity (Wildman–Crippen MR) is 119 cm³/mol. The number of halogens is 1. The monoisotopic (exact) mass is 459 g/mol. The molecule has 0 spiro atoms. The van der Waals surface area contributed by atoms with Crippen LogP contribution in [0.4, 0.5) is 10.7 Å². The van der Waals surface area contributed by atoms with Crippen LogP contribution in [0.25, 0.3) is 0 Å². The molecule has 2 amide bonds. The Balaban J connectivity index is 1.78. The molecule has 1 aromatic carbocycles. The van der Waals surface area contributed by atoms with E-state index in [1.807, 2.05) is 6.07 Å². The molecule has 0 bridgehead atoms. The number of anilines is 2. The molecule has 0 radical (unpaired) electrons. The molecule has 1 aliphatic rings. The van der Waals surface area contributed by atoms with Crippen LogP contribution in [0.15, 0.2) is 24.3 Å². The van der Waals surface area contributed by atoms with Crippen molar-refractivity contribution in [3.63, 3.8) is 0 Å². The molecule has 2 heterocycles. The predicted octanol–water partition coefficient (Wildman–Crippen LogP) is 4.53. The van der Waals surface area contributed by atoms with Gasteiger partial charge in [-0.15, -0.1) is 11.3 Å². The molecular weight excluding hydrogens is 438 g/mol. The number of nitrogens with zero attached hydrogens (tertiary/aromatic N) is 2. The van der Waals surface area contributed by atoms with Crippen LogP contribution in [0, 0.1) is 24.2 Å². The fourth-order valence-electron chi connectivity index (χ4n) is 3.25. The standard InChI is InChI=1S/C22H22ClN3O4S/c1-12-16(10-24)20(31-18(12)21(29)30-22(2,3)4)25-19(28)13-8-17(27)26(11-13)15-7-5-6-14(23)9-15/h5-7,9,13H,8,11H2,1-4H3,(H,25,28). The number of hydrogen-bond acceptors (Lipinski definition) is 6. The zero-order valence-electron chi connectivity index (χ0n) is 17.6. The van der Waals surface area contributed by atoms with Gasteiger partial charge in [-0.3, -0.25) is 9.59 Å². The summed E-state index contributed by atoms with van der Waals surface area (Å²) < 4.78 is 5.40. The van der Waals surface area contributed by atoms with Gasteiger partial charge in [-0.1, -0.05) is 17.7 Å². The summed E-state index contributed by atoms with van der Waals surface area (Å²) >= 11 is 7.01. The van der Waals surface area contributed by atoms with Gasteiger partial charge < -0.3 is 15.0 Å². The quantitative estimate of drug-likeness (QED) is 0.677. The van der Waals surface area contributed by atoms with Crippen molar-refractivity contribution in [3.8, 4) is 6.07 Å². The zero-order chi connectivity index (χ0) is 22.9. The lowest BCUT2D eigenvalue weighted by molar-refractivity contribution is -0.122. The minimum Gasteiger partial charge on any atom is -0.456 e. The Bertz CT molecular complexity index is 1100. The molecule has 1 N–H and O–H groups in total. The summed E-state index contributed by atoms with van der Waals surface area (Å²) in [6.07, 6.45) is 0.0452. The molecule has 0 saturated carbocycles. The third kappa shape index (κ3) is 5.06. The highest BCUT2D eigenvalue weighted by molar-refractivity contribution is 7.18. The van der Waals surface area contributed by atoms with Crippen molar-refractivity contribution in [2.45, 2.75) is 39.7 Å². The number of esters is 1. The van der Waals surface area contributed by atoms with Gasteiger partial charge in [0.25, 0.3) is 0 Å². The molecule has 3 rings (SSSR count). The number of hydrogen-bond donors (Lipinski definition) is 1. The van der Waals surface area contributed by atoms with E-state index >= 15 is 0 Å². The molecule has 1 aromatic heterocycles. The molecule has 0 aliphatic carbocycles. The number of carbonyl (C=O) groups is 3. The summed E-state index contributed by atoms with van der Waals surface area (Å²) in [5.41, 5.74) is 0.623. The third-order valence-electron chi connectivity index (χ3n) is 4.70. The lowest BCUT2D eigenvalue weighted by atomic mass is 10.1. The van der Waals surface area contributed by atoms with Crippen LogP contribution < -0.4 is 10.2 Å². The maximum Gasteiger partial charge on any atom is 0.349 e. The summed E-state index contributed by atoms with van der Waals surface area (Å²) in [5.74, 6) is -1.70. The number of rotatable bonds is 4. The largest absolute Gasteiger partial charge is 0.456 e. The summed E-state index contributed by atoms with van der Waals surface area (Å²) in [5, 5.41) is 13.1. The number of benzene rings is 1. The van der Waals surface area contributed by atoms with Crippen molar-refractivity contribution in [2.75, 3.05) is 16.8 Å². The van der Waals surface area contributed by atoms with Gasteiger partial charge in [0.1, 0.15) is 21.5 Å². The van der Waals surface area contributed by atoms with E-state index in [1.165, 1.54) is 4.90 Å². The Kier molecular flexibility index (Phi) is 6.39. The van der Waals surface area contributed by atoms with E-state index in [2.05, 4.69) is 5.32 Å². The Morgan fingerprint density at radius 1 is 1.35 bits per heavy atom. The first kappa shape index (κ1) is 22.8. The maximum absolute atomic E-state index is 12.9. The number of ether oxygens (including phenoxy) is 1. The number of nitrogens with one attached hydrogen (secondary N) is 1. The smallest absolute Gasteiger partial charge is 0.349 e. The van der Waals surface area contributed by atoms with E-state index < -0.39 is 17.5 Å². The average Bonchev–Trinajstić information content (AvgIpc) is 3.20. The first-order valence-electron chi connectivity index (χ1n) is 9.63. The molecule has 2 aromatic rings. The second-order valence-electron chi connectivity index (χ2n) is 8.25. The van der Waals surface area contributed by atoms with E-state index in [0.29, 0.717) is 16.3 Å². The van der Waals surface area contributed by atoms with Crippen LogP contribution in [0.5, 0.6) is 0 Å². The van der Waals surface area contributed by atoms with Gasteiger partial charge in [0.05, 0.1) is 11.5 Å². The van der Waals surface area contributed by atoms with Crippen molar-refractivity contribution in [3.05, 3.63) is 45.3 Å². The summed E-state index contributed by atoms with van der Waals surface area (Å²) in [6, 6.07) is 8.92. The molecule has 162 valence electrons. The SMILES string of the molecule is Cc1c(C(=O)OC(C)(C)C)sc(NC(=O)C2CC(=O)N(c3cccc(Cl)c3)C2)c1C#N. The van der Waals surface area contributed by atoms with Crippen molar-refractivity contribution >= 4 is 51.4 Å². The second kappa shape index (κ2) is 8.69. The molecular formula is C22H22ClN3O4S. The molecule has 9 heteroatoms. The van der Waals surface area contributed by atoms with Crippen molar-refractivity contribution in [2.24, 2.45) is 5.92 Å². The summed E-state index contributed by atoms with van der Waals surface area (Å²) in [7, 11) is 0.